The number of likely N-dealkylation sites (tertiary alicyclic amines) is 1. The number of urea groups is 1. The van der Waals surface area contributed by atoms with Crippen LogP contribution in [0.4, 0.5) is 16.2 Å². The molecule has 6 heteroatoms. The monoisotopic (exact) mass is 446 g/mol. The van der Waals surface area contributed by atoms with Gasteiger partial charge in [0, 0.05) is 40.1 Å². The smallest absolute Gasteiger partial charge is 0.323 e. The van der Waals surface area contributed by atoms with E-state index in [0.717, 1.165) is 37.1 Å². The first-order chi connectivity index (χ1) is 15.9. The van der Waals surface area contributed by atoms with Crippen LogP contribution < -0.4 is 10.6 Å². The molecule has 0 saturated carbocycles. The molecule has 1 fully saturated rings. The zero-order valence-corrected chi connectivity index (χ0v) is 19.8. The molecule has 2 aromatic carbocycles. The summed E-state index contributed by atoms with van der Waals surface area (Å²) in [6, 6.07) is 13.3. The summed E-state index contributed by atoms with van der Waals surface area (Å²) in [5.41, 5.74) is 4.34. The molecular weight excluding hydrogens is 412 g/mol. The van der Waals surface area contributed by atoms with Gasteiger partial charge in [-0.1, -0.05) is 25.5 Å². The molecule has 4 rings (SSSR count). The van der Waals surface area contributed by atoms with Gasteiger partial charge in [0.15, 0.2) is 5.78 Å². The summed E-state index contributed by atoms with van der Waals surface area (Å²) in [7, 11) is 0. The fraction of sp³-hybridized carbons (Fsp3) is 0.407. The maximum atomic E-state index is 12.6. The van der Waals surface area contributed by atoms with E-state index in [1.54, 1.807) is 24.3 Å². The molecule has 3 N–H and O–H groups in total. The van der Waals surface area contributed by atoms with Gasteiger partial charge in [0.05, 0.1) is 0 Å². The normalized spacial score (nSPS) is 16.0. The van der Waals surface area contributed by atoms with Crippen molar-refractivity contribution in [3.63, 3.8) is 0 Å². The number of carbonyl (C=O) groups is 2. The highest BCUT2D eigenvalue weighted by atomic mass is 16.2. The molecular formula is C27H34N4O2. The number of hydrogen-bond donors (Lipinski definition) is 3. The number of rotatable bonds is 7. The van der Waals surface area contributed by atoms with Gasteiger partial charge in [-0.15, -0.1) is 0 Å². The van der Waals surface area contributed by atoms with Crippen LogP contribution in [0.1, 0.15) is 68.3 Å². The minimum atomic E-state index is -0.328. The Morgan fingerprint density at radius 1 is 1.09 bits per heavy atom. The molecule has 174 valence electrons. The van der Waals surface area contributed by atoms with Gasteiger partial charge >= 0.3 is 6.03 Å². The topological polar surface area (TPSA) is 77.2 Å². The van der Waals surface area contributed by atoms with E-state index in [-0.39, 0.29) is 11.8 Å². The number of piperidine rings is 1. The molecule has 3 aromatic rings. The van der Waals surface area contributed by atoms with Gasteiger partial charge in [0.1, 0.15) is 0 Å². The van der Waals surface area contributed by atoms with Crippen molar-refractivity contribution in [3.05, 3.63) is 59.8 Å². The van der Waals surface area contributed by atoms with Gasteiger partial charge in [-0.2, -0.15) is 0 Å². The molecule has 6 nitrogen and oxygen atoms in total. The quantitative estimate of drug-likeness (QED) is 0.368. The fourth-order valence-electron chi connectivity index (χ4n) is 4.92. The van der Waals surface area contributed by atoms with Gasteiger partial charge in [-0.05, 0) is 88.0 Å². The van der Waals surface area contributed by atoms with Crippen molar-refractivity contribution in [2.24, 2.45) is 0 Å². The van der Waals surface area contributed by atoms with Crippen molar-refractivity contribution >= 4 is 34.1 Å². The second-order valence-electron chi connectivity index (χ2n) is 9.17. The van der Waals surface area contributed by atoms with Crippen molar-refractivity contribution < 1.29 is 9.59 Å². The minimum absolute atomic E-state index is 0.0323. The molecule has 1 aliphatic heterocycles. The lowest BCUT2D eigenvalue weighted by Crippen LogP contribution is -2.39. The van der Waals surface area contributed by atoms with Gasteiger partial charge < -0.3 is 20.5 Å². The van der Waals surface area contributed by atoms with Crippen LogP contribution in [0.25, 0.3) is 10.9 Å². The van der Waals surface area contributed by atoms with E-state index in [1.807, 2.05) is 12.1 Å². The first-order valence-corrected chi connectivity index (χ1v) is 12.0. The van der Waals surface area contributed by atoms with Crippen LogP contribution in [-0.4, -0.2) is 40.8 Å². The van der Waals surface area contributed by atoms with Gasteiger partial charge in [0.2, 0.25) is 0 Å². The van der Waals surface area contributed by atoms with Gasteiger partial charge in [-0.3, -0.25) is 4.79 Å². The number of aromatic amines is 1. The summed E-state index contributed by atoms with van der Waals surface area (Å²) in [5, 5.41) is 6.92. The zero-order valence-electron chi connectivity index (χ0n) is 19.8. The first-order valence-electron chi connectivity index (χ1n) is 12.0. The average molecular weight is 447 g/mol. The Balaban J connectivity index is 1.43. The Labute approximate surface area is 195 Å². The van der Waals surface area contributed by atoms with E-state index in [1.165, 1.54) is 30.7 Å². The van der Waals surface area contributed by atoms with Crippen molar-refractivity contribution in [2.75, 3.05) is 23.7 Å². The van der Waals surface area contributed by atoms with E-state index < -0.39 is 0 Å². The summed E-state index contributed by atoms with van der Waals surface area (Å²) in [6.45, 7) is 8.38. The maximum absolute atomic E-state index is 12.6. The Morgan fingerprint density at radius 2 is 1.82 bits per heavy atom. The SMILES string of the molecule is CCCC(C)N1CCC(c2c[nH]c3ccc(NC(=O)Nc4cccc(C(C)=O)c4)cc23)CC1. The second-order valence-corrected chi connectivity index (χ2v) is 9.17. The Hall–Kier alpha value is -3.12. The summed E-state index contributed by atoms with van der Waals surface area (Å²) >= 11 is 0. The molecule has 1 aliphatic rings. The molecule has 1 unspecified atom stereocenters. The van der Waals surface area contributed by atoms with Crippen molar-refractivity contribution in [2.45, 2.75) is 58.4 Å². The highest BCUT2D eigenvalue weighted by Gasteiger charge is 2.25. The maximum Gasteiger partial charge on any atom is 0.323 e. The predicted octanol–water partition coefficient (Wildman–Crippen LogP) is 6.38. The van der Waals surface area contributed by atoms with Gasteiger partial charge in [0.25, 0.3) is 0 Å². The van der Waals surface area contributed by atoms with Crippen LogP contribution in [0, 0.1) is 0 Å². The number of anilines is 2. The number of benzene rings is 2. The van der Waals surface area contributed by atoms with Gasteiger partial charge in [-0.25, -0.2) is 4.79 Å². The third-order valence-electron chi connectivity index (χ3n) is 6.80. The molecule has 33 heavy (non-hydrogen) atoms. The number of fused-ring (bicyclic) bond motifs is 1. The molecule has 2 amide bonds. The number of ketones is 1. The van der Waals surface area contributed by atoms with Crippen molar-refractivity contribution in [1.29, 1.82) is 0 Å². The zero-order chi connectivity index (χ0) is 23.4. The van der Waals surface area contributed by atoms with E-state index in [2.05, 4.69) is 46.6 Å². The summed E-state index contributed by atoms with van der Waals surface area (Å²) < 4.78 is 0. The van der Waals surface area contributed by atoms with Crippen LogP contribution >= 0.6 is 0 Å². The number of H-pyrrole nitrogens is 1. The van der Waals surface area contributed by atoms with E-state index >= 15 is 0 Å². The lowest BCUT2D eigenvalue weighted by Gasteiger charge is -2.36. The second kappa shape index (κ2) is 10.2. The van der Waals surface area contributed by atoms with E-state index in [4.69, 9.17) is 0 Å². The molecule has 0 aliphatic carbocycles. The molecule has 0 bridgehead atoms. The molecule has 1 aromatic heterocycles. The minimum Gasteiger partial charge on any atom is -0.361 e. The number of nitrogens with zero attached hydrogens (tertiary/aromatic N) is 1. The lowest BCUT2D eigenvalue weighted by atomic mass is 9.88. The standard InChI is InChI=1S/C27H34N4O2/c1-4-6-18(2)31-13-11-20(12-14-31)25-17-28-26-10-9-23(16-24(25)26)30-27(33)29-22-8-5-7-21(15-22)19(3)32/h5,7-10,15-18,20,28H,4,6,11-14H2,1-3H3,(H2,29,30,33). The molecule has 0 spiro atoms. The van der Waals surface area contributed by atoms with Crippen LogP contribution in [-0.2, 0) is 0 Å². The third-order valence-corrected chi connectivity index (χ3v) is 6.80. The summed E-state index contributed by atoms with van der Waals surface area (Å²) in [5.74, 6) is 0.498. The number of carbonyl (C=O) groups excluding carboxylic acids is 2. The summed E-state index contributed by atoms with van der Waals surface area (Å²) in [4.78, 5) is 30.2. The number of aromatic nitrogens is 1. The molecule has 2 heterocycles. The Bertz CT molecular complexity index is 1130. The van der Waals surface area contributed by atoms with Crippen molar-refractivity contribution in [3.8, 4) is 0 Å². The number of amides is 2. The lowest BCUT2D eigenvalue weighted by molar-refractivity contribution is 0.101. The first kappa shape index (κ1) is 23.1. The highest BCUT2D eigenvalue weighted by molar-refractivity contribution is 6.02. The molecule has 1 atom stereocenters. The van der Waals surface area contributed by atoms with Crippen LogP contribution in [0.15, 0.2) is 48.7 Å². The summed E-state index contributed by atoms with van der Waals surface area (Å²) in [6.07, 6.45) is 6.94. The van der Waals surface area contributed by atoms with Crippen molar-refractivity contribution in [1.82, 2.24) is 9.88 Å². The average Bonchev–Trinajstić information content (AvgIpc) is 3.22. The largest absolute Gasteiger partial charge is 0.361 e. The van der Waals surface area contributed by atoms with Crippen LogP contribution in [0.5, 0.6) is 0 Å². The molecule has 1 saturated heterocycles. The van der Waals surface area contributed by atoms with E-state index in [9.17, 15) is 9.59 Å². The number of nitrogens with one attached hydrogen (secondary N) is 3. The Morgan fingerprint density at radius 3 is 2.52 bits per heavy atom. The predicted molar refractivity (Wildman–Crippen MR) is 135 cm³/mol. The van der Waals surface area contributed by atoms with Crippen LogP contribution in [0.2, 0.25) is 0 Å². The fourth-order valence-corrected chi connectivity index (χ4v) is 4.92. The Kier molecular flexibility index (Phi) is 7.14. The molecule has 0 radical (unpaired) electrons. The number of Topliss-reactive ketones (excluding diaryl/α,β-unsaturated/α-hetero) is 1. The third kappa shape index (κ3) is 5.45. The highest BCUT2D eigenvalue weighted by Crippen LogP contribution is 2.35. The number of hydrogen-bond acceptors (Lipinski definition) is 3. The van der Waals surface area contributed by atoms with E-state index in [0.29, 0.717) is 23.2 Å². The van der Waals surface area contributed by atoms with Crippen LogP contribution in [0.3, 0.4) is 0 Å².